The van der Waals surface area contributed by atoms with Crippen molar-refractivity contribution in [3.05, 3.63) is 60.2 Å². The van der Waals surface area contributed by atoms with Gasteiger partial charge in [-0.15, -0.1) is 0 Å². The fourth-order valence-corrected chi connectivity index (χ4v) is 3.46. The van der Waals surface area contributed by atoms with Crippen LogP contribution in [-0.4, -0.2) is 32.7 Å². The topological polar surface area (TPSA) is 121 Å². The maximum Gasteiger partial charge on any atom is 0.328 e. The van der Waals surface area contributed by atoms with E-state index in [2.05, 4.69) is 10.6 Å². The average molecular weight is 432 g/mol. The Balaban J connectivity index is 1.86. The molecule has 2 aromatic rings. The Morgan fingerprint density at radius 2 is 1.57 bits per heavy atom. The average Bonchev–Trinajstić information content (AvgIpc) is 2.73. The lowest BCUT2D eigenvalue weighted by Crippen LogP contribution is -2.39. The number of Topliss-reactive ketones (excluding diaryl/α,β-unsaturated/α-hetero) is 1. The highest BCUT2D eigenvalue weighted by Gasteiger charge is 2.17. The molecule has 0 aliphatic heterocycles. The first kappa shape index (κ1) is 23.1. The van der Waals surface area contributed by atoms with Gasteiger partial charge in [0.15, 0.2) is 5.78 Å². The summed E-state index contributed by atoms with van der Waals surface area (Å²) in [6.45, 7) is 2.34. The van der Waals surface area contributed by atoms with E-state index < -0.39 is 16.1 Å². The van der Waals surface area contributed by atoms with E-state index in [1.54, 1.807) is 24.3 Å². The Bertz CT molecular complexity index is 973. The van der Waals surface area contributed by atoms with Gasteiger partial charge in [-0.25, -0.2) is 17.9 Å². The van der Waals surface area contributed by atoms with Crippen LogP contribution in [0.2, 0.25) is 0 Å². The van der Waals surface area contributed by atoms with Crippen LogP contribution in [0.4, 0.5) is 10.5 Å². The lowest BCUT2D eigenvalue weighted by atomic mass is 10.1. The Hall–Kier alpha value is -3.20. The number of benzene rings is 2. The first-order chi connectivity index (χ1) is 14.3. The molecule has 160 valence electrons. The van der Waals surface area contributed by atoms with E-state index >= 15 is 0 Å². The van der Waals surface area contributed by atoms with Crippen molar-refractivity contribution in [2.75, 3.05) is 11.9 Å². The van der Waals surface area contributed by atoms with Gasteiger partial charge >= 0.3 is 6.03 Å². The van der Waals surface area contributed by atoms with Crippen LogP contribution in [0, 0.1) is 0 Å². The third-order valence-electron chi connectivity index (χ3n) is 4.17. The molecule has 2 aromatic carbocycles. The third kappa shape index (κ3) is 7.32. The molecule has 2 rings (SSSR count). The van der Waals surface area contributed by atoms with E-state index in [-0.39, 0.29) is 29.4 Å². The van der Waals surface area contributed by atoms with Crippen molar-refractivity contribution < 1.29 is 22.8 Å². The number of anilines is 1. The molecule has 3 N–H and O–H groups in total. The predicted molar refractivity (Wildman–Crippen MR) is 114 cm³/mol. The summed E-state index contributed by atoms with van der Waals surface area (Å²) in [4.78, 5) is 35.7. The second-order valence-corrected chi connectivity index (χ2v) is 8.26. The lowest BCUT2D eigenvalue weighted by Gasteiger charge is -2.09. The zero-order valence-corrected chi connectivity index (χ0v) is 17.5. The van der Waals surface area contributed by atoms with Crippen molar-refractivity contribution in [3.8, 4) is 0 Å². The Kier molecular flexibility index (Phi) is 8.54. The summed E-state index contributed by atoms with van der Waals surface area (Å²) in [5.74, 6) is -0.487. The predicted octanol–water partition coefficient (Wildman–Crippen LogP) is 3.08. The van der Waals surface area contributed by atoms with Crippen molar-refractivity contribution in [1.82, 2.24) is 10.0 Å². The lowest BCUT2D eigenvalue weighted by molar-refractivity contribution is -0.116. The quantitative estimate of drug-likeness (QED) is 0.394. The minimum absolute atomic E-state index is 0.00721. The molecule has 0 radical (unpaired) electrons. The molecular formula is C21H25N3O5S. The van der Waals surface area contributed by atoms with Crippen molar-refractivity contribution in [2.45, 2.75) is 37.5 Å². The molecule has 9 heteroatoms. The first-order valence-corrected chi connectivity index (χ1v) is 11.1. The smallest absolute Gasteiger partial charge is 0.328 e. The largest absolute Gasteiger partial charge is 0.337 e. The van der Waals surface area contributed by atoms with Gasteiger partial charge in [-0.3, -0.25) is 9.59 Å². The first-order valence-electron chi connectivity index (χ1n) is 9.60. The standard InChI is InChI=1S/C21H25N3O5S/c1-2-3-15-22-21(27)24-30(28,29)18-11-9-17(10-12-18)23-20(26)14-13-19(25)16-7-5-4-6-8-16/h4-12H,2-3,13-15H2,1H3,(H,23,26)(H2,22,24,27). The number of hydrogen-bond donors (Lipinski definition) is 3. The molecule has 0 bridgehead atoms. The van der Waals surface area contributed by atoms with Crippen molar-refractivity contribution >= 4 is 33.4 Å². The highest BCUT2D eigenvalue weighted by molar-refractivity contribution is 7.90. The summed E-state index contributed by atoms with van der Waals surface area (Å²) in [6, 6.07) is 13.3. The molecule has 8 nitrogen and oxygen atoms in total. The minimum Gasteiger partial charge on any atom is -0.337 e. The van der Waals surface area contributed by atoms with Crippen LogP contribution in [0.15, 0.2) is 59.5 Å². The van der Waals surface area contributed by atoms with E-state index in [9.17, 15) is 22.8 Å². The number of nitrogens with one attached hydrogen (secondary N) is 3. The van der Waals surface area contributed by atoms with Crippen LogP contribution in [0.25, 0.3) is 0 Å². The molecule has 0 aliphatic rings. The van der Waals surface area contributed by atoms with E-state index in [4.69, 9.17) is 0 Å². The number of unbranched alkanes of at least 4 members (excludes halogenated alkanes) is 1. The minimum atomic E-state index is -4.01. The molecule has 0 fully saturated rings. The summed E-state index contributed by atoms with van der Waals surface area (Å²) in [5, 5.41) is 5.08. The van der Waals surface area contributed by atoms with Gasteiger partial charge in [0.1, 0.15) is 0 Å². The maximum atomic E-state index is 12.2. The number of hydrogen-bond acceptors (Lipinski definition) is 5. The summed E-state index contributed by atoms with van der Waals surface area (Å²) in [5.41, 5.74) is 0.935. The zero-order valence-electron chi connectivity index (χ0n) is 16.7. The molecule has 0 heterocycles. The molecule has 3 amide bonds. The summed E-state index contributed by atoms with van der Waals surface area (Å²) in [6.07, 6.45) is 1.70. The molecule has 0 spiro atoms. The highest BCUT2D eigenvalue weighted by Crippen LogP contribution is 2.15. The third-order valence-corrected chi connectivity index (χ3v) is 5.51. The van der Waals surface area contributed by atoms with E-state index in [1.807, 2.05) is 17.7 Å². The van der Waals surface area contributed by atoms with Crippen LogP contribution < -0.4 is 15.4 Å². The Morgan fingerprint density at radius 1 is 0.900 bits per heavy atom. The fraction of sp³-hybridized carbons (Fsp3) is 0.286. The van der Waals surface area contributed by atoms with Crippen LogP contribution in [0.1, 0.15) is 43.0 Å². The van der Waals surface area contributed by atoms with Gasteiger partial charge in [0.2, 0.25) is 5.91 Å². The number of amides is 3. The molecule has 0 saturated heterocycles. The van der Waals surface area contributed by atoms with Gasteiger partial charge < -0.3 is 10.6 Å². The monoisotopic (exact) mass is 431 g/mol. The summed E-state index contributed by atoms with van der Waals surface area (Å²) >= 11 is 0. The fourth-order valence-electron chi connectivity index (χ4n) is 2.53. The zero-order chi connectivity index (χ0) is 22.0. The van der Waals surface area contributed by atoms with Gasteiger partial charge in [0.05, 0.1) is 4.90 Å². The molecule has 0 atom stereocenters. The molecule has 0 unspecified atom stereocenters. The summed E-state index contributed by atoms with van der Waals surface area (Å²) < 4.78 is 26.4. The molecule has 0 saturated carbocycles. The number of ketones is 1. The van der Waals surface area contributed by atoms with E-state index in [1.165, 1.54) is 24.3 Å². The Morgan fingerprint density at radius 3 is 2.20 bits per heavy atom. The molecule has 30 heavy (non-hydrogen) atoms. The van der Waals surface area contributed by atoms with E-state index in [0.717, 1.165) is 12.8 Å². The highest BCUT2D eigenvalue weighted by atomic mass is 32.2. The molecular weight excluding hydrogens is 406 g/mol. The van der Waals surface area contributed by atoms with Gasteiger partial charge in [-0.1, -0.05) is 43.7 Å². The normalized spacial score (nSPS) is 10.8. The van der Waals surface area contributed by atoms with Gasteiger partial charge in [0, 0.05) is 30.6 Å². The number of rotatable bonds is 10. The summed E-state index contributed by atoms with van der Waals surface area (Å²) in [7, 11) is -4.01. The van der Waals surface area contributed by atoms with Crippen LogP contribution >= 0.6 is 0 Å². The number of sulfonamides is 1. The van der Waals surface area contributed by atoms with Crippen LogP contribution in [0.5, 0.6) is 0 Å². The second-order valence-electron chi connectivity index (χ2n) is 6.58. The van der Waals surface area contributed by atoms with Crippen molar-refractivity contribution in [2.24, 2.45) is 0 Å². The van der Waals surface area contributed by atoms with Crippen molar-refractivity contribution in [1.29, 1.82) is 0 Å². The SMILES string of the molecule is CCCCNC(=O)NS(=O)(=O)c1ccc(NC(=O)CCC(=O)c2ccccc2)cc1. The number of carbonyl (C=O) groups is 3. The molecule has 0 aromatic heterocycles. The van der Waals surface area contributed by atoms with Gasteiger partial charge in [-0.2, -0.15) is 0 Å². The number of urea groups is 1. The maximum absolute atomic E-state index is 12.2. The number of carbonyl (C=O) groups excluding carboxylic acids is 3. The molecule has 0 aliphatic carbocycles. The van der Waals surface area contributed by atoms with Gasteiger partial charge in [-0.05, 0) is 30.7 Å². The van der Waals surface area contributed by atoms with Crippen molar-refractivity contribution in [3.63, 3.8) is 0 Å². The van der Waals surface area contributed by atoms with E-state index in [0.29, 0.717) is 17.8 Å². The second kappa shape index (κ2) is 11.1. The Labute approximate surface area is 176 Å². The van der Waals surface area contributed by atoms with Crippen LogP contribution in [-0.2, 0) is 14.8 Å². The van der Waals surface area contributed by atoms with Crippen LogP contribution in [0.3, 0.4) is 0 Å². The van der Waals surface area contributed by atoms with Gasteiger partial charge in [0.25, 0.3) is 10.0 Å².